The van der Waals surface area contributed by atoms with E-state index in [0.717, 1.165) is 0 Å². The molecule has 0 N–H and O–H groups in total. The lowest BCUT2D eigenvalue weighted by molar-refractivity contribution is 0.851. The number of hydrogen-bond donors (Lipinski definition) is 0. The highest BCUT2D eigenvalue weighted by Gasteiger charge is 2.28. The molecule has 0 aromatic heterocycles. The van der Waals surface area contributed by atoms with E-state index in [-0.39, 0.29) is 0 Å². The molecule has 0 spiro atoms. The van der Waals surface area contributed by atoms with Gasteiger partial charge in [0.1, 0.15) is 0 Å². The van der Waals surface area contributed by atoms with Gasteiger partial charge in [0.2, 0.25) is 0 Å². The van der Waals surface area contributed by atoms with Gasteiger partial charge in [-0.2, -0.15) is 0 Å². The number of fused-ring (bicyclic) bond motifs is 2. The Kier molecular flexibility index (Phi) is 1.93. The molecule has 0 heteroatoms. The van der Waals surface area contributed by atoms with Crippen molar-refractivity contribution in [1.82, 2.24) is 0 Å². The zero-order chi connectivity index (χ0) is 11.2. The van der Waals surface area contributed by atoms with E-state index < -0.39 is 0 Å². The molecule has 84 valence electrons. The summed E-state index contributed by atoms with van der Waals surface area (Å²) in [5.74, 6) is 0. The summed E-state index contributed by atoms with van der Waals surface area (Å²) < 4.78 is 0. The largest absolute Gasteiger partial charge is 0.0836 e. The fourth-order valence-corrected chi connectivity index (χ4v) is 3.46. The van der Waals surface area contributed by atoms with Crippen LogP contribution in [0.3, 0.4) is 0 Å². The van der Waals surface area contributed by atoms with E-state index in [2.05, 4.69) is 36.4 Å². The number of allylic oxidation sites excluding steroid dienone is 6. The maximum absolute atomic E-state index is 2.48. The summed E-state index contributed by atoms with van der Waals surface area (Å²) in [5, 5.41) is 0. The number of rotatable bonds is 0. The Morgan fingerprint density at radius 2 is 2.00 bits per heavy atom. The van der Waals surface area contributed by atoms with Crippen LogP contribution in [0, 0.1) is 0 Å². The van der Waals surface area contributed by atoms with Gasteiger partial charge in [-0.25, -0.2) is 0 Å². The summed E-state index contributed by atoms with van der Waals surface area (Å²) in [4.78, 5) is 0. The fourth-order valence-electron chi connectivity index (χ4n) is 3.46. The first-order valence-corrected chi connectivity index (χ1v) is 6.68. The first-order valence-electron chi connectivity index (χ1n) is 6.68. The average Bonchev–Trinajstić information content (AvgIpc) is 2.56. The minimum atomic E-state index is 1.21. The van der Waals surface area contributed by atoms with Gasteiger partial charge < -0.3 is 0 Å². The van der Waals surface area contributed by atoms with Crippen LogP contribution >= 0.6 is 0 Å². The van der Waals surface area contributed by atoms with E-state index in [1.54, 1.807) is 22.3 Å². The Morgan fingerprint density at radius 3 is 3.00 bits per heavy atom. The summed E-state index contributed by atoms with van der Waals surface area (Å²) >= 11 is 0. The molecule has 0 saturated heterocycles. The van der Waals surface area contributed by atoms with E-state index in [9.17, 15) is 0 Å². The second kappa shape index (κ2) is 3.46. The predicted molar refractivity (Wildman–Crippen MR) is 72.7 cm³/mol. The summed E-state index contributed by atoms with van der Waals surface area (Å²) in [7, 11) is 0. The molecule has 17 heavy (non-hydrogen) atoms. The van der Waals surface area contributed by atoms with Crippen molar-refractivity contribution in [2.75, 3.05) is 0 Å². The molecule has 0 heterocycles. The third-order valence-corrected chi connectivity index (χ3v) is 4.20. The van der Waals surface area contributed by atoms with Gasteiger partial charge in [-0.3, -0.25) is 0 Å². The second-order valence-electron chi connectivity index (χ2n) is 5.18. The second-order valence-corrected chi connectivity index (χ2v) is 5.18. The summed E-state index contributed by atoms with van der Waals surface area (Å²) in [5.41, 5.74) is 9.28. The Morgan fingerprint density at radius 1 is 1.00 bits per heavy atom. The SMILES string of the molecule is C1=CC2=C(CC1)C1=CCCCc3cccc2c31. The highest BCUT2D eigenvalue weighted by Crippen LogP contribution is 2.48. The van der Waals surface area contributed by atoms with Gasteiger partial charge in [0.05, 0.1) is 0 Å². The van der Waals surface area contributed by atoms with Crippen LogP contribution in [0.25, 0.3) is 11.1 Å². The molecule has 0 nitrogen and oxygen atoms in total. The molecule has 1 aromatic carbocycles. The molecule has 0 unspecified atom stereocenters. The lowest BCUT2D eigenvalue weighted by atomic mass is 9.95. The van der Waals surface area contributed by atoms with Gasteiger partial charge in [0.25, 0.3) is 0 Å². The van der Waals surface area contributed by atoms with E-state index in [1.807, 2.05) is 0 Å². The van der Waals surface area contributed by atoms with Crippen molar-refractivity contribution in [3.63, 3.8) is 0 Å². The van der Waals surface area contributed by atoms with Gasteiger partial charge in [-0.1, -0.05) is 36.4 Å². The fraction of sp³-hybridized carbons (Fsp3) is 0.294. The standard InChI is InChI=1S/C17H16/c1-2-10-15-13-8-3-4-9-14(13)16-11-5-7-12(6-1)17(15)16/h4-5,7,9-11H,1-3,6,8H2. The zero-order valence-electron chi connectivity index (χ0n) is 10.00. The van der Waals surface area contributed by atoms with Crippen molar-refractivity contribution >= 4 is 11.1 Å². The quantitative estimate of drug-likeness (QED) is 0.603. The highest BCUT2D eigenvalue weighted by molar-refractivity contribution is 6.04. The van der Waals surface area contributed by atoms with E-state index in [1.165, 1.54) is 43.2 Å². The first kappa shape index (κ1) is 9.47. The van der Waals surface area contributed by atoms with Gasteiger partial charge in [-0.05, 0) is 65.5 Å². The Hall–Kier alpha value is -1.56. The lowest BCUT2D eigenvalue weighted by Crippen LogP contribution is -1.91. The minimum absolute atomic E-state index is 1.21. The zero-order valence-corrected chi connectivity index (χ0v) is 10.00. The lowest BCUT2D eigenvalue weighted by Gasteiger charge is -2.09. The Balaban J connectivity index is 2.05. The van der Waals surface area contributed by atoms with Crippen LogP contribution in [0.15, 0.2) is 42.0 Å². The average molecular weight is 220 g/mol. The molecular formula is C17H16. The van der Waals surface area contributed by atoms with Crippen LogP contribution in [-0.2, 0) is 6.42 Å². The summed E-state index contributed by atoms with van der Waals surface area (Å²) in [6.45, 7) is 0. The Bertz CT molecular complexity index is 582. The van der Waals surface area contributed by atoms with Crippen molar-refractivity contribution in [2.45, 2.75) is 32.1 Å². The van der Waals surface area contributed by atoms with E-state index >= 15 is 0 Å². The minimum Gasteiger partial charge on any atom is -0.0836 e. The third kappa shape index (κ3) is 1.24. The molecule has 1 aromatic rings. The number of hydrogen-bond acceptors (Lipinski definition) is 0. The Labute approximate surface area is 102 Å². The van der Waals surface area contributed by atoms with E-state index in [0.29, 0.717) is 0 Å². The molecule has 0 atom stereocenters. The predicted octanol–water partition coefficient (Wildman–Crippen LogP) is 4.52. The van der Waals surface area contributed by atoms with Crippen molar-refractivity contribution in [1.29, 1.82) is 0 Å². The van der Waals surface area contributed by atoms with Crippen molar-refractivity contribution in [2.24, 2.45) is 0 Å². The monoisotopic (exact) mass is 220 g/mol. The van der Waals surface area contributed by atoms with Crippen molar-refractivity contribution in [3.05, 3.63) is 58.7 Å². The molecule has 4 rings (SSSR count). The molecule has 0 amide bonds. The van der Waals surface area contributed by atoms with Gasteiger partial charge in [0.15, 0.2) is 0 Å². The van der Waals surface area contributed by atoms with Crippen LogP contribution in [-0.4, -0.2) is 0 Å². The van der Waals surface area contributed by atoms with Gasteiger partial charge in [0, 0.05) is 0 Å². The van der Waals surface area contributed by atoms with Crippen LogP contribution in [0.5, 0.6) is 0 Å². The molecule has 0 bridgehead atoms. The van der Waals surface area contributed by atoms with Crippen LogP contribution < -0.4 is 0 Å². The molecular weight excluding hydrogens is 204 g/mol. The highest BCUT2D eigenvalue weighted by atomic mass is 14.3. The molecule has 0 radical (unpaired) electrons. The van der Waals surface area contributed by atoms with Crippen LogP contribution in [0.2, 0.25) is 0 Å². The van der Waals surface area contributed by atoms with Crippen molar-refractivity contribution < 1.29 is 0 Å². The van der Waals surface area contributed by atoms with Crippen LogP contribution in [0.1, 0.15) is 42.4 Å². The normalized spacial score (nSPS) is 20.8. The molecule has 0 saturated carbocycles. The van der Waals surface area contributed by atoms with E-state index in [4.69, 9.17) is 0 Å². The maximum atomic E-state index is 2.48. The summed E-state index contributed by atoms with van der Waals surface area (Å²) in [6, 6.07) is 6.85. The molecule has 3 aliphatic carbocycles. The third-order valence-electron chi connectivity index (χ3n) is 4.20. The van der Waals surface area contributed by atoms with Gasteiger partial charge >= 0.3 is 0 Å². The van der Waals surface area contributed by atoms with Crippen molar-refractivity contribution in [3.8, 4) is 0 Å². The first-order chi connectivity index (χ1) is 8.45. The number of aryl methyl sites for hydroxylation is 1. The maximum Gasteiger partial charge on any atom is -0.00734 e. The summed E-state index contributed by atoms with van der Waals surface area (Å²) in [6.07, 6.45) is 13.4. The molecule has 0 fully saturated rings. The topological polar surface area (TPSA) is 0 Å². The number of benzene rings is 1. The molecule has 3 aliphatic rings. The molecule has 0 aliphatic heterocycles. The smallest absolute Gasteiger partial charge is 0.00734 e. The van der Waals surface area contributed by atoms with Crippen LogP contribution in [0.4, 0.5) is 0 Å². The van der Waals surface area contributed by atoms with Gasteiger partial charge in [-0.15, -0.1) is 0 Å².